The van der Waals surface area contributed by atoms with Crippen LogP contribution in [0.1, 0.15) is 22.8 Å². The topological polar surface area (TPSA) is 39.2 Å². The van der Waals surface area contributed by atoms with Crippen LogP contribution >= 0.6 is 15.9 Å². The van der Waals surface area contributed by atoms with Gasteiger partial charge < -0.3 is 4.74 Å². The number of halogens is 2. The van der Waals surface area contributed by atoms with E-state index in [0.717, 1.165) is 5.39 Å². The van der Waals surface area contributed by atoms with Crippen LogP contribution in [0.4, 0.5) is 4.39 Å². The van der Waals surface area contributed by atoms with Crippen LogP contribution in [0.15, 0.2) is 53.1 Å². The molecule has 0 atom stereocenters. The van der Waals surface area contributed by atoms with Gasteiger partial charge in [-0.25, -0.2) is 9.37 Å². The average Bonchev–Trinajstić information content (AvgIpc) is 2.54. The van der Waals surface area contributed by atoms with Gasteiger partial charge in [0.15, 0.2) is 5.78 Å². The van der Waals surface area contributed by atoms with Crippen LogP contribution in [0.25, 0.3) is 10.8 Å². The zero-order chi connectivity index (χ0) is 16.4. The molecule has 5 heteroatoms. The lowest BCUT2D eigenvalue weighted by atomic mass is 9.98. The summed E-state index contributed by atoms with van der Waals surface area (Å²) in [5, 5.41) is 1.43. The Bertz CT molecular complexity index is 895. The molecule has 0 saturated heterocycles. The van der Waals surface area contributed by atoms with E-state index in [0.29, 0.717) is 27.9 Å². The number of nitrogens with zero attached hydrogens (tertiary/aromatic N) is 1. The highest BCUT2D eigenvalue weighted by atomic mass is 79.9. The Morgan fingerprint density at radius 3 is 2.74 bits per heavy atom. The molecule has 0 spiro atoms. The van der Waals surface area contributed by atoms with Gasteiger partial charge in [-0.15, -0.1) is 0 Å². The van der Waals surface area contributed by atoms with Crippen LogP contribution in [0.3, 0.4) is 0 Å². The molecule has 0 unspecified atom stereocenters. The Labute approximate surface area is 141 Å². The Morgan fingerprint density at radius 2 is 2.00 bits per heavy atom. The molecule has 116 valence electrons. The molecule has 0 amide bonds. The van der Waals surface area contributed by atoms with Gasteiger partial charge in [-0.05, 0) is 42.6 Å². The number of hydrogen-bond acceptors (Lipinski definition) is 3. The number of carbonyl (C=O) groups excluding carboxylic acids is 1. The molecule has 1 heterocycles. The van der Waals surface area contributed by atoms with Crippen molar-refractivity contribution >= 4 is 32.5 Å². The summed E-state index contributed by atoms with van der Waals surface area (Å²) in [6.07, 6.45) is 1.59. The van der Waals surface area contributed by atoms with Gasteiger partial charge in [-0.2, -0.15) is 0 Å². The second-order valence-corrected chi connectivity index (χ2v) is 5.82. The van der Waals surface area contributed by atoms with Crippen LogP contribution in [0.5, 0.6) is 5.88 Å². The predicted molar refractivity (Wildman–Crippen MR) is 90.4 cm³/mol. The molecule has 23 heavy (non-hydrogen) atoms. The van der Waals surface area contributed by atoms with Crippen molar-refractivity contribution in [2.45, 2.75) is 6.92 Å². The summed E-state index contributed by atoms with van der Waals surface area (Å²) in [6.45, 7) is 2.35. The van der Waals surface area contributed by atoms with Crippen molar-refractivity contribution in [1.82, 2.24) is 4.98 Å². The van der Waals surface area contributed by atoms with E-state index in [1.807, 2.05) is 13.0 Å². The summed E-state index contributed by atoms with van der Waals surface area (Å²) in [7, 11) is 0. The van der Waals surface area contributed by atoms with Crippen molar-refractivity contribution in [3.05, 3.63) is 70.1 Å². The van der Waals surface area contributed by atoms with Gasteiger partial charge >= 0.3 is 0 Å². The van der Waals surface area contributed by atoms with E-state index >= 15 is 0 Å². The molecular formula is C18H13BrFNO2. The van der Waals surface area contributed by atoms with E-state index in [9.17, 15) is 9.18 Å². The third-order valence-electron chi connectivity index (χ3n) is 3.47. The van der Waals surface area contributed by atoms with Gasteiger partial charge in [0.05, 0.1) is 12.2 Å². The van der Waals surface area contributed by atoms with Crippen molar-refractivity contribution in [3.8, 4) is 5.88 Å². The Morgan fingerprint density at radius 1 is 1.17 bits per heavy atom. The Balaban J connectivity index is 2.16. The molecule has 0 radical (unpaired) electrons. The van der Waals surface area contributed by atoms with E-state index in [4.69, 9.17) is 4.74 Å². The number of ketones is 1. The maximum absolute atomic E-state index is 14.1. The Hall–Kier alpha value is -2.27. The molecule has 3 nitrogen and oxygen atoms in total. The highest BCUT2D eigenvalue weighted by Crippen LogP contribution is 2.28. The zero-order valence-corrected chi connectivity index (χ0v) is 13.9. The van der Waals surface area contributed by atoms with Gasteiger partial charge in [0.2, 0.25) is 5.88 Å². The first kappa shape index (κ1) is 15.6. The minimum atomic E-state index is -0.555. The lowest BCUT2D eigenvalue weighted by Crippen LogP contribution is -2.05. The monoisotopic (exact) mass is 373 g/mol. The van der Waals surface area contributed by atoms with Crippen molar-refractivity contribution in [2.24, 2.45) is 0 Å². The van der Waals surface area contributed by atoms with E-state index in [1.54, 1.807) is 30.5 Å². The standard InChI is InChI=1S/C18H13BrFNO2/c1-2-23-18-14-5-3-4-13(12(14)8-9-21-18)17(22)15-7-6-11(19)10-16(15)20/h3-10H,2H2,1H3. The fourth-order valence-electron chi connectivity index (χ4n) is 2.45. The highest BCUT2D eigenvalue weighted by molar-refractivity contribution is 9.10. The lowest BCUT2D eigenvalue weighted by Gasteiger charge is -2.10. The second-order valence-electron chi connectivity index (χ2n) is 4.90. The number of hydrogen-bond donors (Lipinski definition) is 0. The van der Waals surface area contributed by atoms with E-state index in [2.05, 4.69) is 20.9 Å². The highest BCUT2D eigenvalue weighted by Gasteiger charge is 2.17. The third-order valence-corrected chi connectivity index (χ3v) is 3.96. The van der Waals surface area contributed by atoms with Crippen LogP contribution < -0.4 is 4.74 Å². The van der Waals surface area contributed by atoms with Gasteiger partial charge in [0.25, 0.3) is 0 Å². The third kappa shape index (κ3) is 2.97. The fraction of sp³-hybridized carbons (Fsp3) is 0.111. The molecule has 0 bridgehead atoms. The number of rotatable bonds is 4. The SMILES string of the molecule is CCOc1nccc2c(C(=O)c3ccc(Br)cc3F)cccc12. The molecule has 0 aliphatic rings. The summed E-state index contributed by atoms with van der Waals surface area (Å²) in [5.74, 6) is -0.453. The smallest absolute Gasteiger partial charge is 0.221 e. The summed E-state index contributed by atoms with van der Waals surface area (Å²) in [5.41, 5.74) is 0.461. The fourth-order valence-corrected chi connectivity index (χ4v) is 2.78. The number of fused-ring (bicyclic) bond motifs is 1. The summed E-state index contributed by atoms with van der Waals surface area (Å²) in [6, 6.07) is 11.4. The maximum atomic E-state index is 14.1. The first-order chi connectivity index (χ1) is 11.1. The average molecular weight is 374 g/mol. The van der Waals surface area contributed by atoms with E-state index in [-0.39, 0.29) is 11.3 Å². The summed E-state index contributed by atoms with van der Waals surface area (Å²) in [4.78, 5) is 16.9. The summed E-state index contributed by atoms with van der Waals surface area (Å²) >= 11 is 3.19. The van der Waals surface area contributed by atoms with Crippen molar-refractivity contribution in [1.29, 1.82) is 0 Å². The molecule has 0 saturated carbocycles. The van der Waals surface area contributed by atoms with Gasteiger partial charge in [-0.1, -0.05) is 28.1 Å². The number of ether oxygens (including phenoxy) is 1. The van der Waals surface area contributed by atoms with Crippen molar-refractivity contribution in [3.63, 3.8) is 0 Å². The molecule has 1 aromatic heterocycles. The molecule has 3 aromatic rings. The Kier molecular flexibility index (Phi) is 4.39. The quantitative estimate of drug-likeness (QED) is 0.618. The number of aromatic nitrogens is 1. The normalized spacial score (nSPS) is 10.7. The predicted octanol–water partition coefficient (Wildman–Crippen LogP) is 4.77. The number of carbonyl (C=O) groups is 1. The molecule has 0 aliphatic heterocycles. The number of benzene rings is 2. The maximum Gasteiger partial charge on any atom is 0.221 e. The first-order valence-electron chi connectivity index (χ1n) is 7.12. The minimum Gasteiger partial charge on any atom is -0.478 e. The molecule has 0 aliphatic carbocycles. The van der Waals surface area contributed by atoms with Crippen LogP contribution in [0, 0.1) is 5.82 Å². The van der Waals surface area contributed by atoms with Crippen molar-refractivity contribution < 1.29 is 13.9 Å². The minimum absolute atomic E-state index is 0.0375. The van der Waals surface area contributed by atoms with Gasteiger partial charge in [-0.3, -0.25) is 4.79 Å². The second kappa shape index (κ2) is 6.46. The summed E-state index contributed by atoms with van der Waals surface area (Å²) < 4.78 is 20.2. The number of pyridine rings is 1. The van der Waals surface area contributed by atoms with E-state index in [1.165, 1.54) is 12.1 Å². The molecule has 0 N–H and O–H groups in total. The van der Waals surface area contributed by atoms with Gasteiger partial charge in [0.1, 0.15) is 5.82 Å². The lowest BCUT2D eigenvalue weighted by molar-refractivity contribution is 0.103. The largest absolute Gasteiger partial charge is 0.478 e. The van der Waals surface area contributed by atoms with Crippen molar-refractivity contribution in [2.75, 3.05) is 6.61 Å². The molecule has 3 rings (SSSR count). The van der Waals surface area contributed by atoms with Crippen LogP contribution in [-0.4, -0.2) is 17.4 Å². The molecule has 0 fully saturated rings. The van der Waals surface area contributed by atoms with Crippen LogP contribution in [0.2, 0.25) is 0 Å². The molecular weight excluding hydrogens is 361 g/mol. The van der Waals surface area contributed by atoms with Gasteiger partial charge in [0, 0.05) is 21.6 Å². The van der Waals surface area contributed by atoms with E-state index < -0.39 is 5.82 Å². The molecule has 2 aromatic carbocycles. The van der Waals surface area contributed by atoms with Crippen LogP contribution in [-0.2, 0) is 0 Å². The zero-order valence-electron chi connectivity index (χ0n) is 12.3. The first-order valence-corrected chi connectivity index (χ1v) is 7.91.